The van der Waals surface area contributed by atoms with Gasteiger partial charge < -0.3 is 15.5 Å². The second-order valence-corrected chi connectivity index (χ2v) is 5.23. The lowest BCUT2D eigenvalue weighted by Crippen LogP contribution is -2.42. The van der Waals surface area contributed by atoms with E-state index in [0.717, 1.165) is 24.8 Å². The van der Waals surface area contributed by atoms with Crippen molar-refractivity contribution in [2.75, 3.05) is 37.8 Å². The molecule has 1 aromatic carbocycles. The predicted octanol–water partition coefficient (Wildman–Crippen LogP) is 2.11. The molecule has 0 atom stereocenters. The molecule has 1 aromatic rings. The number of nitrogens with zero attached hydrogens (tertiary/aromatic N) is 2. The SMILES string of the molecule is Cc1cc(N)ccc1N1CCC(N(C)C)CC1. The maximum absolute atomic E-state index is 5.79. The molecule has 1 aliphatic heterocycles. The third kappa shape index (κ3) is 2.72. The average molecular weight is 233 g/mol. The van der Waals surface area contributed by atoms with Gasteiger partial charge in [-0.1, -0.05) is 0 Å². The van der Waals surface area contributed by atoms with E-state index in [2.05, 4.69) is 43.0 Å². The quantitative estimate of drug-likeness (QED) is 0.794. The van der Waals surface area contributed by atoms with E-state index in [0.29, 0.717) is 0 Å². The zero-order valence-corrected chi connectivity index (χ0v) is 11.1. The minimum atomic E-state index is 0.736. The largest absolute Gasteiger partial charge is 0.399 e. The number of aryl methyl sites for hydroxylation is 1. The van der Waals surface area contributed by atoms with Gasteiger partial charge in [0.1, 0.15) is 0 Å². The molecule has 1 aliphatic rings. The highest BCUT2D eigenvalue weighted by atomic mass is 15.2. The summed E-state index contributed by atoms with van der Waals surface area (Å²) in [5, 5.41) is 0. The highest BCUT2D eigenvalue weighted by Gasteiger charge is 2.21. The standard InChI is InChI=1S/C14H23N3/c1-11-10-12(15)4-5-14(11)17-8-6-13(7-9-17)16(2)3/h4-5,10,13H,6-9,15H2,1-3H3. The van der Waals surface area contributed by atoms with Gasteiger partial charge in [0.25, 0.3) is 0 Å². The number of piperidine rings is 1. The van der Waals surface area contributed by atoms with Gasteiger partial charge in [-0.2, -0.15) is 0 Å². The number of nitrogen functional groups attached to an aromatic ring is 1. The van der Waals surface area contributed by atoms with Crippen LogP contribution in [0.1, 0.15) is 18.4 Å². The summed E-state index contributed by atoms with van der Waals surface area (Å²) in [6, 6.07) is 6.95. The van der Waals surface area contributed by atoms with Gasteiger partial charge in [0.2, 0.25) is 0 Å². The van der Waals surface area contributed by atoms with Crippen LogP contribution in [0, 0.1) is 6.92 Å². The Labute approximate surface area is 104 Å². The predicted molar refractivity (Wildman–Crippen MR) is 74.5 cm³/mol. The normalized spacial score (nSPS) is 17.8. The second kappa shape index (κ2) is 4.96. The van der Waals surface area contributed by atoms with Crippen LogP contribution in [-0.2, 0) is 0 Å². The van der Waals surface area contributed by atoms with E-state index in [1.807, 2.05) is 6.07 Å². The number of hydrogen-bond donors (Lipinski definition) is 1. The van der Waals surface area contributed by atoms with Crippen molar-refractivity contribution in [1.82, 2.24) is 4.90 Å². The van der Waals surface area contributed by atoms with Gasteiger partial charge in [-0.05, 0) is 57.6 Å². The molecule has 0 unspecified atom stereocenters. The average Bonchev–Trinajstić information content (AvgIpc) is 2.29. The monoisotopic (exact) mass is 233 g/mol. The first-order valence-electron chi connectivity index (χ1n) is 6.35. The highest BCUT2D eigenvalue weighted by molar-refractivity contribution is 5.59. The molecule has 0 saturated carbocycles. The van der Waals surface area contributed by atoms with Crippen LogP contribution < -0.4 is 10.6 Å². The van der Waals surface area contributed by atoms with E-state index in [-0.39, 0.29) is 0 Å². The third-order valence-electron chi connectivity index (χ3n) is 3.76. The van der Waals surface area contributed by atoms with Crippen molar-refractivity contribution >= 4 is 11.4 Å². The minimum Gasteiger partial charge on any atom is -0.399 e. The van der Waals surface area contributed by atoms with Crippen LogP contribution in [-0.4, -0.2) is 38.1 Å². The molecule has 0 radical (unpaired) electrons. The number of rotatable bonds is 2. The van der Waals surface area contributed by atoms with Crippen molar-refractivity contribution in [2.45, 2.75) is 25.8 Å². The molecule has 0 amide bonds. The molecule has 2 rings (SSSR count). The molecule has 3 heteroatoms. The fourth-order valence-electron chi connectivity index (χ4n) is 2.66. The van der Waals surface area contributed by atoms with Gasteiger partial charge >= 0.3 is 0 Å². The Hall–Kier alpha value is -1.22. The molecule has 0 aliphatic carbocycles. The van der Waals surface area contributed by atoms with Crippen LogP contribution in [0.4, 0.5) is 11.4 Å². The molecule has 17 heavy (non-hydrogen) atoms. The molecule has 1 fully saturated rings. The van der Waals surface area contributed by atoms with Gasteiger partial charge in [-0.3, -0.25) is 0 Å². The maximum Gasteiger partial charge on any atom is 0.0397 e. The first kappa shape index (κ1) is 12.2. The van der Waals surface area contributed by atoms with E-state index >= 15 is 0 Å². The molecule has 1 saturated heterocycles. The van der Waals surface area contributed by atoms with Crippen LogP contribution in [0.3, 0.4) is 0 Å². The van der Waals surface area contributed by atoms with E-state index in [1.165, 1.54) is 24.1 Å². The third-order valence-corrected chi connectivity index (χ3v) is 3.76. The van der Waals surface area contributed by atoms with Crippen molar-refractivity contribution in [1.29, 1.82) is 0 Å². The fourth-order valence-corrected chi connectivity index (χ4v) is 2.66. The molecule has 0 bridgehead atoms. The summed E-state index contributed by atoms with van der Waals surface area (Å²) in [5.41, 5.74) is 9.28. The second-order valence-electron chi connectivity index (χ2n) is 5.23. The summed E-state index contributed by atoms with van der Waals surface area (Å²) in [4.78, 5) is 4.82. The summed E-state index contributed by atoms with van der Waals surface area (Å²) >= 11 is 0. The zero-order valence-electron chi connectivity index (χ0n) is 11.1. The van der Waals surface area contributed by atoms with Gasteiger partial charge in [-0.25, -0.2) is 0 Å². The lowest BCUT2D eigenvalue weighted by Gasteiger charge is -2.37. The fraction of sp³-hybridized carbons (Fsp3) is 0.571. The molecule has 94 valence electrons. The summed E-state index contributed by atoms with van der Waals surface area (Å²) in [7, 11) is 4.35. The van der Waals surface area contributed by atoms with Crippen molar-refractivity contribution < 1.29 is 0 Å². The van der Waals surface area contributed by atoms with E-state index in [9.17, 15) is 0 Å². The van der Waals surface area contributed by atoms with Crippen molar-refractivity contribution in [2.24, 2.45) is 0 Å². The van der Waals surface area contributed by atoms with E-state index in [4.69, 9.17) is 5.73 Å². The van der Waals surface area contributed by atoms with Crippen LogP contribution in [0.15, 0.2) is 18.2 Å². The summed E-state index contributed by atoms with van der Waals surface area (Å²) in [5.74, 6) is 0. The first-order valence-corrected chi connectivity index (χ1v) is 6.35. The molecule has 0 spiro atoms. The smallest absolute Gasteiger partial charge is 0.0397 e. The Morgan fingerprint density at radius 1 is 1.24 bits per heavy atom. The summed E-state index contributed by atoms with van der Waals surface area (Å²) in [6.45, 7) is 4.44. The lowest BCUT2D eigenvalue weighted by molar-refractivity contribution is 0.249. The summed E-state index contributed by atoms with van der Waals surface area (Å²) in [6.07, 6.45) is 2.49. The number of nitrogens with two attached hydrogens (primary N) is 1. The van der Waals surface area contributed by atoms with E-state index in [1.54, 1.807) is 0 Å². The van der Waals surface area contributed by atoms with Gasteiger partial charge in [0.15, 0.2) is 0 Å². The van der Waals surface area contributed by atoms with Crippen LogP contribution in [0.25, 0.3) is 0 Å². The lowest BCUT2D eigenvalue weighted by atomic mass is 10.0. The number of hydrogen-bond acceptors (Lipinski definition) is 3. The Morgan fingerprint density at radius 3 is 2.41 bits per heavy atom. The molecular weight excluding hydrogens is 210 g/mol. The number of benzene rings is 1. The van der Waals surface area contributed by atoms with Crippen molar-refractivity contribution in [3.05, 3.63) is 23.8 Å². The van der Waals surface area contributed by atoms with Crippen LogP contribution >= 0.6 is 0 Å². The highest BCUT2D eigenvalue weighted by Crippen LogP contribution is 2.26. The maximum atomic E-state index is 5.79. The molecule has 0 aromatic heterocycles. The summed E-state index contributed by atoms with van der Waals surface area (Å²) < 4.78 is 0. The molecule has 3 nitrogen and oxygen atoms in total. The molecule has 2 N–H and O–H groups in total. The van der Waals surface area contributed by atoms with Crippen LogP contribution in [0.2, 0.25) is 0 Å². The first-order chi connectivity index (χ1) is 8.08. The Balaban J connectivity index is 2.05. The minimum absolute atomic E-state index is 0.736. The van der Waals surface area contributed by atoms with Crippen molar-refractivity contribution in [3.8, 4) is 0 Å². The Morgan fingerprint density at radius 2 is 1.88 bits per heavy atom. The number of anilines is 2. The van der Waals surface area contributed by atoms with Gasteiger partial charge in [0.05, 0.1) is 0 Å². The molecule has 1 heterocycles. The Bertz CT molecular complexity index is 379. The Kier molecular flexibility index (Phi) is 3.57. The van der Waals surface area contributed by atoms with Crippen molar-refractivity contribution in [3.63, 3.8) is 0 Å². The topological polar surface area (TPSA) is 32.5 Å². The van der Waals surface area contributed by atoms with Gasteiger partial charge in [-0.15, -0.1) is 0 Å². The van der Waals surface area contributed by atoms with E-state index < -0.39 is 0 Å². The molecular formula is C14H23N3. The van der Waals surface area contributed by atoms with Crippen LogP contribution in [0.5, 0.6) is 0 Å². The zero-order chi connectivity index (χ0) is 12.4. The van der Waals surface area contributed by atoms with Gasteiger partial charge in [0, 0.05) is 30.5 Å².